The zero-order valence-electron chi connectivity index (χ0n) is 16.8. The minimum atomic E-state index is 0.167. The summed E-state index contributed by atoms with van der Waals surface area (Å²) in [7, 11) is 1.80. The summed E-state index contributed by atoms with van der Waals surface area (Å²) in [5, 5.41) is 6.81. The van der Waals surface area contributed by atoms with E-state index in [4.69, 9.17) is 4.74 Å². The van der Waals surface area contributed by atoms with Gasteiger partial charge in [-0.25, -0.2) is 0 Å². The molecule has 0 bridgehead atoms. The van der Waals surface area contributed by atoms with Crippen LogP contribution in [0, 0.1) is 0 Å². The average molecular weight is 386 g/mol. The fourth-order valence-electron chi connectivity index (χ4n) is 2.49. The van der Waals surface area contributed by atoms with Gasteiger partial charge in [0.15, 0.2) is 5.96 Å². The predicted molar refractivity (Wildman–Crippen MR) is 117 cm³/mol. The Morgan fingerprint density at radius 1 is 0.963 bits per heavy atom. The molecule has 2 rings (SSSR count). The highest BCUT2D eigenvalue weighted by molar-refractivity contribution is 7.99. The maximum absolute atomic E-state index is 5.91. The lowest BCUT2D eigenvalue weighted by Gasteiger charge is -2.24. The Morgan fingerprint density at radius 3 is 2.30 bits per heavy atom. The van der Waals surface area contributed by atoms with E-state index in [1.54, 1.807) is 7.05 Å². The number of benzene rings is 2. The molecule has 27 heavy (non-hydrogen) atoms. The maximum Gasteiger partial charge on any atom is 0.191 e. The summed E-state index contributed by atoms with van der Waals surface area (Å²) in [5.74, 6) is 0.817. The van der Waals surface area contributed by atoms with Crippen LogP contribution >= 0.6 is 11.8 Å². The normalized spacial score (nSPS) is 12.1. The Labute approximate surface area is 167 Å². The molecule has 0 unspecified atom stereocenters. The minimum absolute atomic E-state index is 0.167. The lowest BCUT2D eigenvalue weighted by atomic mass is 10.1. The van der Waals surface area contributed by atoms with Crippen LogP contribution in [0.3, 0.4) is 0 Å². The van der Waals surface area contributed by atoms with Gasteiger partial charge >= 0.3 is 0 Å². The van der Waals surface area contributed by atoms with Gasteiger partial charge in [-0.3, -0.25) is 4.99 Å². The van der Waals surface area contributed by atoms with Crippen LogP contribution < -0.4 is 10.6 Å². The number of ether oxygens (including phenoxy) is 1. The summed E-state index contributed by atoms with van der Waals surface area (Å²) in [6.45, 7) is 7.22. The smallest absolute Gasteiger partial charge is 0.191 e. The van der Waals surface area contributed by atoms with E-state index in [0.29, 0.717) is 19.8 Å². The number of guanidine groups is 1. The zero-order valence-corrected chi connectivity index (χ0v) is 17.6. The van der Waals surface area contributed by atoms with E-state index in [9.17, 15) is 0 Å². The fourth-order valence-corrected chi connectivity index (χ4v) is 2.71. The highest BCUT2D eigenvalue weighted by Gasteiger charge is 2.16. The summed E-state index contributed by atoms with van der Waals surface area (Å²) < 4.78 is 6.08. The first-order chi connectivity index (χ1) is 13.0. The highest BCUT2D eigenvalue weighted by Crippen LogP contribution is 2.19. The molecule has 0 spiro atoms. The molecule has 5 heteroatoms. The Morgan fingerprint density at radius 2 is 1.63 bits per heavy atom. The summed E-state index contributed by atoms with van der Waals surface area (Å²) in [4.78, 5) is 4.33. The Balaban J connectivity index is 1.87. The van der Waals surface area contributed by atoms with Gasteiger partial charge in [-0.2, -0.15) is 11.8 Å². The third-order valence-corrected chi connectivity index (χ3v) is 5.64. The predicted octanol–water partition coefficient (Wildman–Crippen LogP) is 4.21. The molecule has 4 nitrogen and oxygen atoms in total. The van der Waals surface area contributed by atoms with Gasteiger partial charge in [-0.05, 0) is 36.8 Å². The summed E-state index contributed by atoms with van der Waals surface area (Å²) >= 11 is 1.84. The van der Waals surface area contributed by atoms with Crippen molar-refractivity contribution in [3.8, 4) is 0 Å². The standard InChI is InChI=1S/C22H31N3OS/c1-22(2,27-4)17-25-21(23-3)24-14-19-12-8-9-13-20(19)16-26-15-18-10-6-5-7-11-18/h5-13H,14-17H2,1-4H3,(H2,23,24,25). The van der Waals surface area contributed by atoms with E-state index in [2.05, 4.69) is 72.1 Å². The molecule has 0 fully saturated rings. The van der Waals surface area contributed by atoms with Crippen molar-refractivity contribution in [3.05, 3.63) is 71.3 Å². The van der Waals surface area contributed by atoms with Crippen LogP contribution in [-0.2, 0) is 24.5 Å². The second-order valence-electron chi connectivity index (χ2n) is 6.99. The molecule has 0 saturated heterocycles. The largest absolute Gasteiger partial charge is 0.372 e. The maximum atomic E-state index is 5.91. The highest BCUT2D eigenvalue weighted by atomic mass is 32.2. The van der Waals surface area contributed by atoms with Crippen molar-refractivity contribution in [3.63, 3.8) is 0 Å². The van der Waals surface area contributed by atoms with Crippen LogP contribution in [0.25, 0.3) is 0 Å². The van der Waals surface area contributed by atoms with Crippen molar-refractivity contribution in [1.29, 1.82) is 0 Å². The topological polar surface area (TPSA) is 45.7 Å². The van der Waals surface area contributed by atoms with Gasteiger partial charge in [-0.15, -0.1) is 0 Å². The van der Waals surface area contributed by atoms with E-state index >= 15 is 0 Å². The summed E-state index contributed by atoms with van der Waals surface area (Å²) in [6, 6.07) is 18.6. The molecule has 0 saturated carbocycles. The van der Waals surface area contributed by atoms with Gasteiger partial charge in [0.2, 0.25) is 0 Å². The minimum Gasteiger partial charge on any atom is -0.372 e. The molecule has 0 heterocycles. The SMILES string of the molecule is CN=C(NCc1ccccc1COCc1ccccc1)NCC(C)(C)SC. The number of nitrogens with zero attached hydrogens (tertiary/aromatic N) is 1. The lowest BCUT2D eigenvalue weighted by molar-refractivity contribution is 0.106. The summed E-state index contributed by atoms with van der Waals surface area (Å²) in [6.07, 6.45) is 2.13. The fraction of sp³-hybridized carbons (Fsp3) is 0.409. The van der Waals surface area contributed by atoms with Gasteiger partial charge in [0, 0.05) is 24.9 Å². The first-order valence-electron chi connectivity index (χ1n) is 9.22. The van der Waals surface area contributed by atoms with E-state index in [0.717, 1.165) is 12.5 Å². The monoisotopic (exact) mass is 385 g/mol. The second-order valence-corrected chi connectivity index (χ2v) is 8.50. The van der Waals surface area contributed by atoms with Crippen molar-refractivity contribution >= 4 is 17.7 Å². The van der Waals surface area contributed by atoms with Crippen LogP contribution in [-0.4, -0.2) is 30.6 Å². The molecule has 0 aliphatic carbocycles. The molecule has 146 valence electrons. The average Bonchev–Trinajstić information content (AvgIpc) is 2.70. The molecule has 2 aromatic rings. The number of rotatable bonds is 9. The molecule has 0 aliphatic rings. The quantitative estimate of drug-likeness (QED) is 0.501. The Kier molecular flexibility index (Phi) is 8.69. The third kappa shape index (κ3) is 7.65. The van der Waals surface area contributed by atoms with Crippen molar-refractivity contribution in [2.45, 2.75) is 38.4 Å². The molecular formula is C22H31N3OS. The zero-order chi connectivity index (χ0) is 19.5. The molecule has 0 radical (unpaired) electrons. The van der Waals surface area contributed by atoms with Crippen molar-refractivity contribution < 1.29 is 4.74 Å². The van der Waals surface area contributed by atoms with Crippen molar-refractivity contribution in [2.24, 2.45) is 4.99 Å². The van der Waals surface area contributed by atoms with Crippen molar-refractivity contribution in [1.82, 2.24) is 10.6 Å². The van der Waals surface area contributed by atoms with E-state index in [1.807, 2.05) is 30.0 Å². The van der Waals surface area contributed by atoms with E-state index < -0.39 is 0 Å². The molecule has 2 N–H and O–H groups in total. The van der Waals surface area contributed by atoms with E-state index in [-0.39, 0.29) is 4.75 Å². The van der Waals surface area contributed by atoms with Crippen LogP contribution in [0.2, 0.25) is 0 Å². The first kappa shape index (κ1) is 21.3. The molecule has 2 aromatic carbocycles. The van der Waals surface area contributed by atoms with Gasteiger partial charge in [0.05, 0.1) is 13.2 Å². The van der Waals surface area contributed by atoms with Gasteiger partial charge in [0.1, 0.15) is 0 Å². The Hall–Kier alpha value is -1.98. The summed E-state index contributed by atoms with van der Waals surface area (Å²) in [5.41, 5.74) is 3.60. The molecule has 0 aliphatic heterocycles. The van der Waals surface area contributed by atoms with E-state index in [1.165, 1.54) is 16.7 Å². The molecule has 0 amide bonds. The number of hydrogen-bond acceptors (Lipinski definition) is 3. The van der Waals surface area contributed by atoms with Crippen LogP contribution in [0.4, 0.5) is 0 Å². The van der Waals surface area contributed by atoms with Crippen molar-refractivity contribution in [2.75, 3.05) is 19.8 Å². The second kappa shape index (κ2) is 11.0. The number of nitrogens with one attached hydrogen (secondary N) is 2. The number of hydrogen-bond donors (Lipinski definition) is 2. The first-order valence-corrected chi connectivity index (χ1v) is 10.4. The van der Waals surface area contributed by atoms with Gasteiger partial charge < -0.3 is 15.4 Å². The van der Waals surface area contributed by atoms with Crippen LogP contribution in [0.5, 0.6) is 0 Å². The number of aliphatic imine (C=N–C) groups is 1. The third-order valence-electron chi connectivity index (χ3n) is 4.39. The van der Waals surface area contributed by atoms with Gasteiger partial charge in [0.25, 0.3) is 0 Å². The molecule has 0 aromatic heterocycles. The lowest BCUT2D eigenvalue weighted by Crippen LogP contribution is -2.43. The van der Waals surface area contributed by atoms with Crippen LogP contribution in [0.15, 0.2) is 59.6 Å². The Bertz CT molecular complexity index is 717. The van der Waals surface area contributed by atoms with Gasteiger partial charge in [-0.1, -0.05) is 54.6 Å². The molecular weight excluding hydrogens is 354 g/mol. The molecule has 0 atom stereocenters. The van der Waals surface area contributed by atoms with Crippen LogP contribution in [0.1, 0.15) is 30.5 Å². The number of thioether (sulfide) groups is 1.